The van der Waals surface area contributed by atoms with E-state index in [2.05, 4.69) is 24.7 Å². The van der Waals surface area contributed by atoms with Gasteiger partial charge in [-0.3, -0.25) is 10.7 Å². The van der Waals surface area contributed by atoms with Gasteiger partial charge in [0, 0.05) is 30.5 Å². The first-order valence-corrected chi connectivity index (χ1v) is 8.82. The molecule has 1 aliphatic rings. The Bertz CT molecular complexity index is 735. The standard InChI is InChI=1S/C13H15FN6O2S2/c1-7-4-8(2-3-10(7)14)16-12(17-21)11-13(19-22-18-11)23-6-9-5-15-24-20-9/h2-4,9,15,20-21H,5-6H2,1H3,(H,16,17). The Morgan fingerprint density at radius 2 is 2.46 bits per heavy atom. The lowest BCUT2D eigenvalue weighted by Gasteiger charge is -2.07. The lowest BCUT2D eigenvalue weighted by Crippen LogP contribution is -2.25. The summed E-state index contributed by atoms with van der Waals surface area (Å²) in [6, 6.07) is 4.67. The number of thioether (sulfide) groups is 1. The molecule has 0 saturated carbocycles. The van der Waals surface area contributed by atoms with Crippen LogP contribution in [0.25, 0.3) is 0 Å². The van der Waals surface area contributed by atoms with Gasteiger partial charge in [0.1, 0.15) is 5.82 Å². The van der Waals surface area contributed by atoms with E-state index >= 15 is 0 Å². The van der Waals surface area contributed by atoms with Gasteiger partial charge in [-0.2, -0.15) is 0 Å². The zero-order valence-corrected chi connectivity index (χ0v) is 14.2. The molecule has 1 aromatic heterocycles. The first kappa shape index (κ1) is 17.2. The van der Waals surface area contributed by atoms with E-state index in [4.69, 9.17) is 4.63 Å². The van der Waals surface area contributed by atoms with Crippen LogP contribution in [0.1, 0.15) is 11.3 Å². The van der Waals surface area contributed by atoms with Gasteiger partial charge in [0.15, 0.2) is 16.6 Å². The Balaban J connectivity index is 1.78. The number of benzene rings is 1. The highest BCUT2D eigenvalue weighted by molar-refractivity contribution is 7.99. The summed E-state index contributed by atoms with van der Waals surface area (Å²) >= 11 is 2.89. The molecule has 3 rings (SSSR count). The average Bonchev–Trinajstić information content (AvgIpc) is 3.25. The van der Waals surface area contributed by atoms with E-state index in [1.54, 1.807) is 13.0 Å². The first-order chi connectivity index (χ1) is 11.7. The topological polar surface area (TPSA) is 108 Å². The molecule has 4 N–H and O–H groups in total. The van der Waals surface area contributed by atoms with Gasteiger partial charge >= 0.3 is 0 Å². The average molecular weight is 370 g/mol. The number of aliphatic imine (C=N–C) groups is 1. The second-order valence-electron chi connectivity index (χ2n) is 5.00. The minimum absolute atomic E-state index is 0.0802. The molecule has 2 heterocycles. The number of hydroxylamine groups is 1. The fraction of sp³-hybridized carbons (Fsp3) is 0.308. The van der Waals surface area contributed by atoms with Crippen LogP contribution >= 0.6 is 23.9 Å². The molecular formula is C13H15FN6O2S2. The van der Waals surface area contributed by atoms with Crippen LogP contribution in [-0.4, -0.2) is 39.7 Å². The summed E-state index contributed by atoms with van der Waals surface area (Å²) < 4.78 is 24.4. The summed E-state index contributed by atoms with van der Waals surface area (Å²) in [4.78, 5) is 4.24. The largest absolute Gasteiger partial charge is 0.290 e. The maximum absolute atomic E-state index is 13.3. The van der Waals surface area contributed by atoms with E-state index in [1.807, 2.05) is 5.48 Å². The second-order valence-corrected chi connectivity index (χ2v) is 6.74. The molecule has 0 bridgehead atoms. The van der Waals surface area contributed by atoms with E-state index in [9.17, 15) is 9.60 Å². The van der Waals surface area contributed by atoms with Crippen LogP contribution in [0.4, 0.5) is 10.1 Å². The monoisotopic (exact) mass is 370 g/mol. The zero-order chi connectivity index (χ0) is 16.9. The maximum atomic E-state index is 13.3. The van der Waals surface area contributed by atoms with Crippen molar-refractivity contribution in [2.75, 3.05) is 12.3 Å². The second kappa shape index (κ2) is 7.94. The van der Waals surface area contributed by atoms with Crippen LogP contribution in [-0.2, 0) is 0 Å². The number of halogens is 1. The van der Waals surface area contributed by atoms with Gasteiger partial charge in [0.05, 0.1) is 5.69 Å². The molecule has 0 amide bonds. The normalized spacial score (nSPS) is 18.1. The van der Waals surface area contributed by atoms with E-state index in [0.717, 1.165) is 12.3 Å². The summed E-state index contributed by atoms with van der Waals surface area (Å²) in [5.74, 6) is 0.509. The minimum Gasteiger partial charge on any atom is -0.290 e. The van der Waals surface area contributed by atoms with Gasteiger partial charge < -0.3 is 0 Å². The number of nitrogens with one attached hydrogen (secondary N) is 3. The Kier molecular flexibility index (Phi) is 5.68. The van der Waals surface area contributed by atoms with Crippen molar-refractivity contribution in [3.05, 3.63) is 35.3 Å². The number of hydrogen-bond donors (Lipinski definition) is 4. The molecule has 1 saturated heterocycles. The third-order valence-electron chi connectivity index (χ3n) is 3.22. The number of nitrogens with zero attached hydrogens (tertiary/aromatic N) is 3. The maximum Gasteiger partial charge on any atom is 0.186 e. The third kappa shape index (κ3) is 4.05. The van der Waals surface area contributed by atoms with Crippen LogP contribution < -0.4 is 14.9 Å². The van der Waals surface area contributed by atoms with Crippen LogP contribution in [0.3, 0.4) is 0 Å². The fourth-order valence-corrected chi connectivity index (χ4v) is 3.68. The smallest absolute Gasteiger partial charge is 0.186 e. The van der Waals surface area contributed by atoms with Crippen molar-refractivity contribution in [1.29, 1.82) is 0 Å². The number of rotatable bonds is 5. The van der Waals surface area contributed by atoms with E-state index in [1.165, 1.54) is 36.0 Å². The van der Waals surface area contributed by atoms with Crippen molar-refractivity contribution in [2.45, 2.75) is 18.0 Å². The molecule has 128 valence electrons. The summed E-state index contributed by atoms with van der Waals surface area (Å²) in [6.07, 6.45) is 0. The molecule has 2 aromatic rings. The van der Waals surface area contributed by atoms with Crippen LogP contribution in [0.2, 0.25) is 0 Å². The molecule has 0 spiro atoms. The Morgan fingerprint density at radius 1 is 1.58 bits per heavy atom. The molecular weight excluding hydrogens is 355 g/mol. The lowest BCUT2D eigenvalue weighted by atomic mass is 10.2. The van der Waals surface area contributed by atoms with E-state index in [0.29, 0.717) is 22.0 Å². The van der Waals surface area contributed by atoms with Crippen LogP contribution in [0.15, 0.2) is 32.8 Å². The molecule has 8 nitrogen and oxygen atoms in total. The third-order valence-corrected chi connectivity index (χ3v) is 5.09. The number of aryl methyl sites for hydroxylation is 1. The van der Waals surface area contributed by atoms with Gasteiger partial charge in [-0.15, -0.1) is 0 Å². The van der Waals surface area contributed by atoms with Gasteiger partial charge in [0.25, 0.3) is 0 Å². The van der Waals surface area contributed by atoms with E-state index < -0.39 is 0 Å². The van der Waals surface area contributed by atoms with Crippen molar-refractivity contribution in [3.63, 3.8) is 0 Å². The first-order valence-electron chi connectivity index (χ1n) is 7.02. The SMILES string of the molecule is Cc1cc(N=C(NO)c2nonc2SCC2CNSN2)ccc1F. The Morgan fingerprint density at radius 3 is 3.17 bits per heavy atom. The Labute approximate surface area is 145 Å². The summed E-state index contributed by atoms with van der Waals surface area (Å²) in [5.41, 5.74) is 3.23. The molecule has 24 heavy (non-hydrogen) atoms. The minimum atomic E-state index is -0.317. The highest BCUT2D eigenvalue weighted by Gasteiger charge is 2.20. The van der Waals surface area contributed by atoms with Crippen molar-refractivity contribution in [1.82, 2.24) is 25.2 Å². The van der Waals surface area contributed by atoms with Gasteiger partial charge in [-0.25, -0.2) is 23.5 Å². The van der Waals surface area contributed by atoms with Gasteiger partial charge in [-0.1, -0.05) is 11.8 Å². The predicted molar refractivity (Wildman–Crippen MR) is 89.8 cm³/mol. The molecule has 0 radical (unpaired) electrons. The Hall–Kier alpha value is -1.66. The summed E-state index contributed by atoms with van der Waals surface area (Å²) in [6.45, 7) is 2.48. The number of aromatic nitrogens is 2. The molecule has 1 atom stereocenters. The zero-order valence-electron chi connectivity index (χ0n) is 12.6. The van der Waals surface area contributed by atoms with Crippen molar-refractivity contribution in [3.8, 4) is 0 Å². The number of amidine groups is 1. The lowest BCUT2D eigenvalue weighted by molar-refractivity contribution is 0.234. The summed E-state index contributed by atoms with van der Waals surface area (Å²) in [7, 11) is 0. The van der Waals surface area contributed by atoms with Crippen LogP contribution in [0, 0.1) is 12.7 Å². The van der Waals surface area contributed by atoms with Crippen molar-refractivity contribution >= 4 is 35.4 Å². The molecule has 1 aliphatic heterocycles. The molecule has 1 aromatic carbocycles. The highest BCUT2D eigenvalue weighted by atomic mass is 32.2. The summed E-state index contributed by atoms with van der Waals surface area (Å²) in [5, 5.41) is 17.5. The highest BCUT2D eigenvalue weighted by Crippen LogP contribution is 2.23. The quantitative estimate of drug-likeness (QED) is 0.206. The van der Waals surface area contributed by atoms with Gasteiger partial charge in [0.2, 0.25) is 0 Å². The fourth-order valence-electron chi connectivity index (χ4n) is 1.96. The predicted octanol–water partition coefficient (Wildman–Crippen LogP) is 1.79. The molecule has 1 unspecified atom stereocenters. The van der Waals surface area contributed by atoms with Crippen LogP contribution in [0.5, 0.6) is 0 Å². The van der Waals surface area contributed by atoms with E-state index in [-0.39, 0.29) is 17.7 Å². The van der Waals surface area contributed by atoms with Crippen molar-refractivity contribution in [2.24, 2.45) is 4.99 Å². The molecule has 0 aliphatic carbocycles. The van der Waals surface area contributed by atoms with Gasteiger partial charge in [-0.05, 0) is 41.0 Å². The molecule has 1 fully saturated rings. The molecule has 11 heteroatoms. The number of hydrogen-bond acceptors (Lipinski definition) is 9. The van der Waals surface area contributed by atoms with Crippen molar-refractivity contribution < 1.29 is 14.2 Å².